The van der Waals surface area contributed by atoms with Crippen molar-refractivity contribution in [2.75, 3.05) is 33.4 Å². The number of piperidine rings is 1. The van der Waals surface area contributed by atoms with Gasteiger partial charge in [-0.15, -0.1) is 22.6 Å². The van der Waals surface area contributed by atoms with Crippen LogP contribution in [0.3, 0.4) is 0 Å². The van der Waals surface area contributed by atoms with Crippen molar-refractivity contribution < 1.29 is 9.47 Å². The number of fused-ring (bicyclic) bond motifs is 3. The van der Waals surface area contributed by atoms with Crippen LogP contribution in [0.15, 0.2) is 41.4 Å². The average Bonchev–Trinajstić information content (AvgIpc) is 3.34. The number of ether oxygens (including phenoxy) is 2. The number of benzene rings is 2. The van der Waals surface area contributed by atoms with Crippen LogP contribution in [0.2, 0.25) is 0 Å². The average molecular weight is 497 g/mol. The molecule has 1 fully saturated rings. The third kappa shape index (κ3) is 4.90. The highest BCUT2D eigenvalue weighted by Crippen LogP contribution is 2.42. The topological polar surface area (TPSA) is 77.7 Å². The van der Waals surface area contributed by atoms with E-state index in [1.165, 1.54) is 5.56 Å². The van der Waals surface area contributed by atoms with Crippen LogP contribution in [-0.4, -0.2) is 70.2 Å². The minimum Gasteiger partial charge on any atom is -0.490 e. The lowest BCUT2D eigenvalue weighted by Gasteiger charge is -2.39. The molecule has 8 nitrogen and oxygen atoms in total. The molecule has 1 aromatic heterocycles. The van der Waals surface area contributed by atoms with Crippen molar-refractivity contribution in [1.29, 1.82) is 0 Å². The molecule has 0 amide bonds. The van der Waals surface area contributed by atoms with Gasteiger partial charge in [0, 0.05) is 29.2 Å². The second kappa shape index (κ2) is 10.7. The molecule has 0 unspecified atom stereocenters. The molecular formula is C26H33ClN6O2. The summed E-state index contributed by atoms with van der Waals surface area (Å²) in [7, 11) is 2.19. The van der Waals surface area contributed by atoms with E-state index in [9.17, 15) is 0 Å². The van der Waals surface area contributed by atoms with E-state index < -0.39 is 0 Å². The Bertz CT molecular complexity index is 1210. The predicted molar refractivity (Wildman–Crippen MR) is 139 cm³/mol. The molecule has 3 aromatic rings. The summed E-state index contributed by atoms with van der Waals surface area (Å²) in [5.74, 6) is 2.54. The summed E-state index contributed by atoms with van der Waals surface area (Å²) in [6, 6.07) is 12.8. The van der Waals surface area contributed by atoms with Crippen LogP contribution in [0, 0.1) is 0 Å². The van der Waals surface area contributed by atoms with Crippen LogP contribution in [0.1, 0.15) is 49.8 Å². The Morgan fingerprint density at radius 3 is 2.46 bits per heavy atom. The highest BCUT2D eigenvalue weighted by atomic mass is 35.5. The number of halogens is 1. The molecular weight excluding hydrogens is 464 g/mol. The summed E-state index contributed by atoms with van der Waals surface area (Å²) >= 11 is 0. The Balaban J connectivity index is 0.00000289. The summed E-state index contributed by atoms with van der Waals surface area (Å²) < 4.78 is 12.0. The van der Waals surface area contributed by atoms with Gasteiger partial charge in [0.15, 0.2) is 11.5 Å². The van der Waals surface area contributed by atoms with Gasteiger partial charge >= 0.3 is 0 Å². The number of hydrogen-bond donors (Lipinski definition) is 0. The van der Waals surface area contributed by atoms with Crippen LogP contribution < -0.4 is 9.47 Å². The van der Waals surface area contributed by atoms with Crippen LogP contribution in [-0.2, 0) is 6.54 Å². The second-order valence-corrected chi connectivity index (χ2v) is 8.84. The molecule has 0 N–H and O–H groups in total. The van der Waals surface area contributed by atoms with Crippen molar-refractivity contribution in [3.05, 3.63) is 53.1 Å². The molecule has 2 aliphatic heterocycles. The summed E-state index contributed by atoms with van der Waals surface area (Å²) in [6.45, 7) is 9.90. The zero-order valence-corrected chi connectivity index (χ0v) is 21.6. The third-order valence-electron chi connectivity index (χ3n) is 6.57. The number of aryl methyl sites for hydroxylation is 1. The Hall–Kier alpha value is -2.97. The quantitative estimate of drug-likeness (QED) is 0.487. The monoisotopic (exact) mass is 496 g/mol. The van der Waals surface area contributed by atoms with Gasteiger partial charge in [0.2, 0.25) is 5.82 Å². The predicted octanol–water partition coefficient (Wildman–Crippen LogP) is 4.22. The maximum Gasteiger partial charge on any atom is 0.204 e. The van der Waals surface area contributed by atoms with Crippen molar-refractivity contribution in [2.24, 2.45) is 4.99 Å². The number of rotatable bonds is 7. The van der Waals surface area contributed by atoms with Gasteiger partial charge in [-0.25, -0.2) is 0 Å². The lowest BCUT2D eigenvalue weighted by atomic mass is 9.79. The summed E-state index contributed by atoms with van der Waals surface area (Å²) in [5, 5.41) is 12.8. The van der Waals surface area contributed by atoms with Gasteiger partial charge < -0.3 is 14.4 Å². The van der Waals surface area contributed by atoms with Gasteiger partial charge in [-0.05, 0) is 69.8 Å². The van der Waals surface area contributed by atoms with Crippen LogP contribution in [0.25, 0.3) is 11.4 Å². The van der Waals surface area contributed by atoms with Crippen molar-refractivity contribution >= 4 is 18.1 Å². The molecule has 2 atom stereocenters. The lowest BCUT2D eigenvalue weighted by Crippen LogP contribution is -2.41. The molecule has 186 valence electrons. The van der Waals surface area contributed by atoms with Gasteiger partial charge in [0.05, 0.1) is 31.5 Å². The summed E-state index contributed by atoms with van der Waals surface area (Å²) in [5.41, 5.74) is 5.38. The first-order valence-corrected chi connectivity index (χ1v) is 12.2. The molecule has 2 aromatic carbocycles. The van der Waals surface area contributed by atoms with Crippen molar-refractivity contribution in [2.45, 2.75) is 45.7 Å². The van der Waals surface area contributed by atoms with E-state index in [2.05, 4.69) is 51.6 Å². The molecule has 3 heterocycles. The van der Waals surface area contributed by atoms with E-state index in [-0.39, 0.29) is 18.4 Å². The second-order valence-electron chi connectivity index (χ2n) is 8.84. The van der Waals surface area contributed by atoms with E-state index in [4.69, 9.17) is 14.5 Å². The standard InChI is InChI=1S/C26H32N6O2.ClH/c1-5-32-29-26(28-30-32)18-10-8-9-17(13-18)25-20-15-24(34-7-3)23(33-6-2)14-19(20)21-16-31(4)12-11-22(21)27-25;/h8-10,13-15,21-22H,5-7,11-12,16H2,1-4H3;1H/t21-,22-;/m1./s1. The summed E-state index contributed by atoms with van der Waals surface area (Å²) in [6.07, 6.45) is 1.04. The molecule has 0 spiro atoms. The number of likely N-dealkylation sites (tertiary alicyclic amines) is 1. The van der Waals surface area contributed by atoms with Gasteiger partial charge in [-0.3, -0.25) is 4.99 Å². The largest absolute Gasteiger partial charge is 0.490 e. The minimum atomic E-state index is 0. The van der Waals surface area contributed by atoms with E-state index in [0.29, 0.717) is 31.5 Å². The van der Waals surface area contributed by atoms with Gasteiger partial charge in [-0.1, -0.05) is 18.2 Å². The van der Waals surface area contributed by atoms with Crippen molar-refractivity contribution in [3.63, 3.8) is 0 Å². The molecule has 0 saturated carbocycles. The Labute approximate surface area is 212 Å². The maximum absolute atomic E-state index is 5.99. The van der Waals surface area contributed by atoms with Crippen LogP contribution in [0.4, 0.5) is 0 Å². The molecule has 0 aliphatic carbocycles. The van der Waals surface area contributed by atoms with E-state index >= 15 is 0 Å². The van der Waals surface area contributed by atoms with E-state index in [1.54, 1.807) is 4.80 Å². The molecule has 9 heteroatoms. The number of likely N-dealkylation sites (N-methyl/N-ethyl adjacent to an activating group) is 1. The molecule has 1 saturated heterocycles. The summed E-state index contributed by atoms with van der Waals surface area (Å²) in [4.78, 5) is 9.31. The zero-order valence-electron chi connectivity index (χ0n) is 20.8. The number of tetrazole rings is 1. The smallest absolute Gasteiger partial charge is 0.204 e. The molecule has 5 rings (SSSR count). The van der Waals surface area contributed by atoms with Gasteiger partial charge in [0.25, 0.3) is 0 Å². The van der Waals surface area contributed by atoms with E-state index in [1.807, 2.05) is 32.9 Å². The first-order chi connectivity index (χ1) is 16.6. The third-order valence-corrected chi connectivity index (χ3v) is 6.57. The molecule has 35 heavy (non-hydrogen) atoms. The van der Waals surface area contributed by atoms with Crippen molar-refractivity contribution in [3.8, 4) is 22.9 Å². The van der Waals surface area contributed by atoms with Crippen LogP contribution in [0.5, 0.6) is 11.5 Å². The van der Waals surface area contributed by atoms with Gasteiger partial charge in [-0.2, -0.15) is 4.80 Å². The zero-order chi connectivity index (χ0) is 23.7. The number of aromatic nitrogens is 4. The number of hydrogen-bond acceptors (Lipinski definition) is 7. The SMILES string of the molecule is CCOc1cc2c(cc1OCC)[C@H]1CN(C)CC[C@H]1N=C2c1cccc(-c2nnn(CC)n2)c1.Cl. The first-order valence-electron chi connectivity index (χ1n) is 12.2. The van der Waals surface area contributed by atoms with Crippen molar-refractivity contribution in [1.82, 2.24) is 25.1 Å². The maximum atomic E-state index is 5.99. The Morgan fingerprint density at radius 2 is 1.74 bits per heavy atom. The van der Waals surface area contributed by atoms with Gasteiger partial charge in [0.1, 0.15) is 0 Å². The normalized spacial score (nSPS) is 19.3. The fraction of sp³-hybridized carbons (Fsp3) is 0.462. The molecule has 2 aliphatic rings. The fourth-order valence-electron chi connectivity index (χ4n) is 4.95. The van der Waals surface area contributed by atoms with Crippen LogP contribution >= 0.6 is 12.4 Å². The molecule has 0 radical (unpaired) electrons. The lowest BCUT2D eigenvalue weighted by molar-refractivity contribution is 0.226. The Morgan fingerprint density at radius 1 is 1.00 bits per heavy atom. The number of nitrogens with zero attached hydrogens (tertiary/aromatic N) is 6. The highest BCUT2D eigenvalue weighted by Gasteiger charge is 2.36. The fourth-order valence-corrected chi connectivity index (χ4v) is 4.95. The first kappa shape index (κ1) is 25.1. The van der Waals surface area contributed by atoms with E-state index in [0.717, 1.165) is 53.4 Å². The minimum absolute atomic E-state index is 0. The number of aliphatic imine (C=N–C) groups is 1. The Kier molecular flexibility index (Phi) is 7.72. The highest BCUT2D eigenvalue weighted by molar-refractivity contribution is 6.15. The molecule has 0 bridgehead atoms.